The lowest BCUT2D eigenvalue weighted by Crippen LogP contribution is -2.35. The summed E-state index contributed by atoms with van der Waals surface area (Å²) in [4.78, 5) is 33.0. The molecule has 132 valence electrons. The van der Waals surface area contributed by atoms with Gasteiger partial charge in [-0.05, 0) is 24.5 Å². The van der Waals surface area contributed by atoms with Crippen LogP contribution in [0.3, 0.4) is 0 Å². The van der Waals surface area contributed by atoms with Gasteiger partial charge in [0, 0.05) is 19.3 Å². The van der Waals surface area contributed by atoms with Crippen molar-refractivity contribution in [3.05, 3.63) is 55.2 Å². The van der Waals surface area contributed by atoms with E-state index in [0.717, 1.165) is 17.3 Å². The number of hydrogen-bond acceptors (Lipinski definition) is 4. The Morgan fingerprint density at radius 1 is 1.36 bits per heavy atom. The number of pyridine rings is 1. The Labute approximate surface area is 148 Å². The molecular formula is C17H18ClFN4O2. The number of aromatic nitrogens is 3. The Hall–Kier alpha value is -2.41. The SMILES string of the molecule is CC1=CCN(C)C(C(C)C)=C1n1c(=O)[nH]c(=O)c2cc(F)c(Cl)nc21. The molecule has 0 spiro atoms. The van der Waals surface area contributed by atoms with Crippen LogP contribution in [-0.4, -0.2) is 33.0 Å². The fourth-order valence-electron chi connectivity index (χ4n) is 3.18. The summed E-state index contributed by atoms with van der Waals surface area (Å²) in [6, 6.07) is 1.00. The van der Waals surface area contributed by atoms with Crippen molar-refractivity contribution in [2.24, 2.45) is 5.92 Å². The van der Waals surface area contributed by atoms with Crippen LogP contribution in [0.15, 0.2) is 33.0 Å². The number of hydrogen-bond donors (Lipinski definition) is 1. The van der Waals surface area contributed by atoms with E-state index < -0.39 is 17.1 Å². The average molecular weight is 365 g/mol. The van der Waals surface area contributed by atoms with Crippen molar-refractivity contribution in [1.82, 2.24) is 19.4 Å². The Kier molecular flexibility index (Phi) is 4.28. The largest absolute Gasteiger partial charge is 0.372 e. The van der Waals surface area contributed by atoms with Crippen molar-refractivity contribution in [1.29, 1.82) is 0 Å². The molecule has 0 unspecified atom stereocenters. The molecule has 8 heteroatoms. The summed E-state index contributed by atoms with van der Waals surface area (Å²) in [5.74, 6) is -0.690. The first-order chi connectivity index (χ1) is 11.7. The summed E-state index contributed by atoms with van der Waals surface area (Å²) in [7, 11) is 1.93. The number of nitrogens with one attached hydrogen (secondary N) is 1. The third-order valence-corrected chi connectivity index (χ3v) is 4.53. The number of likely N-dealkylation sites (N-methyl/N-ethyl adjacent to an activating group) is 1. The van der Waals surface area contributed by atoms with Crippen LogP contribution < -0.4 is 11.2 Å². The maximum absolute atomic E-state index is 13.8. The van der Waals surface area contributed by atoms with Crippen molar-refractivity contribution < 1.29 is 4.39 Å². The highest BCUT2D eigenvalue weighted by Crippen LogP contribution is 2.31. The van der Waals surface area contributed by atoms with Gasteiger partial charge in [-0.3, -0.25) is 9.78 Å². The molecule has 0 atom stereocenters. The van der Waals surface area contributed by atoms with Crippen LogP contribution in [0, 0.1) is 11.7 Å². The smallest absolute Gasteiger partial charge is 0.334 e. The molecule has 3 rings (SSSR count). The van der Waals surface area contributed by atoms with Gasteiger partial charge in [0.15, 0.2) is 16.6 Å². The van der Waals surface area contributed by atoms with Gasteiger partial charge in [-0.25, -0.2) is 18.7 Å². The quantitative estimate of drug-likeness (QED) is 0.831. The minimum absolute atomic E-state index is 0.0295. The number of halogens is 2. The molecule has 2 aromatic heterocycles. The molecule has 0 bridgehead atoms. The normalized spacial score (nSPS) is 15.3. The summed E-state index contributed by atoms with van der Waals surface area (Å²) in [6.45, 7) is 6.63. The highest BCUT2D eigenvalue weighted by Gasteiger charge is 2.25. The van der Waals surface area contributed by atoms with Crippen molar-refractivity contribution in [2.45, 2.75) is 20.8 Å². The van der Waals surface area contributed by atoms with E-state index in [0.29, 0.717) is 12.2 Å². The maximum Gasteiger partial charge on any atom is 0.334 e. The van der Waals surface area contributed by atoms with E-state index in [1.54, 1.807) is 0 Å². The first-order valence-corrected chi connectivity index (χ1v) is 8.24. The third kappa shape index (κ3) is 2.78. The van der Waals surface area contributed by atoms with Gasteiger partial charge in [0.2, 0.25) is 0 Å². The minimum atomic E-state index is -0.809. The molecule has 6 nitrogen and oxygen atoms in total. The van der Waals surface area contributed by atoms with Crippen LogP contribution in [-0.2, 0) is 0 Å². The second-order valence-corrected chi connectivity index (χ2v) is 6.74. The lowest BCUT2D eigenvalue weighted by Gasteiger charge is -2.32. The molecule has 0 fully saturated rings. The molecule has 25 heavy (non-hydrogen) atoms. The molecule has 0 amide bonds. The van der Waals surface area contributed by atoms with Gasteiger partial charge in [-0.2, -0.15) is 0 Å². The zero-order chi connectivity index (χ0) is 18.5. The topological polar surface area (TPSA) is 71.0 Å². The van der Waals surface area contributed by atoms with Crippen LogP contribution in [0.2, 0.25) is 5.15 Å². The maximum atomic E-state index is 13.8. The van der Waals surface area contributed by atoms with Gasteiger partial charge in [0.05, 0.1) is 11.1 Å². The highest BCUT2D eigenvalue weighted by molar-refractivity contribution is 6.29. The van der Waals surface area contributed by atoms with Gasteiger partial charge < -0.3 is 4.90 Å². The lowest BCUT2D eigenvalue weighted by atomic mass is 9.99. The van der Waals surface area contributed by atoms with Crippen molar-refractivity contribution in [3.8, 4) is 0 Å². The van der Waals surface area contributed by atoms with Gasteiger partial charge in [-0.15, -0.1) is 0 Å². The third-order valence-electron chi connectivity index (χ3n) is 4.26. The van der Waals surface area contributed by atoms with Crippen LogP contribution in [0.1, 0.15) is 20.8 Å². The predicted molar refractivity (Wildman–Crippen MR) is 96.0 cm³/mol. The first-order valence-electron chi connectivity index (χ1n) is 7.86. The second-order valence-electron chi connectivity index (χ2n) is 6.38. The van der Waals surface area contributed by atoms with Gasteiger partial charge in [0.25, 0.3) is 5.56 Å². The average Bonchev–Trinajstić information content (AvgIpc) is 2.52. The predicted octanol–water partition coefficient (Wildman–Crippen LogP) is 2.59. The number of nitrogens with zero attached hydrogens (tertiary/aromatic N) is 3. The van der Waals surface area contributed by atoms with Crippen molar-refractivity contribution >= 4 is 28.3 Å². The number of aromatic amines is 1. The highest BCUT2D eigenvalue weighted by atomic mass is 35.5. The molecule has 1 aliphatic heterocycles. The van der Waals surface area contributed by atoms with E-state index in [1.165, 1.54) is 4.57 Å². The molecule has 3 heterocycles. The Bertz CT molecular complexity index is 1050. The number of fused-ring (bicyclic) bond motifs is 1. The van der Waals surface area contributed by atoms with E-state index in [2.05, 4.69) is 9.97 Å². The van der Waals surface area contributed by atoms with E-state index in [1.807, 2.05) is 38.8 Å². The van der Waals surface area contributed by atoms with Gasteiger partial charge in [-0.1, -0.05) is 31.5 Å². The standard InChI is InChI=1S/C17H18ClFN4O2/c1-8(2)12-13(9(3)5-6-22(12)4)23-15-10(16(24)21-17(23)25)7-11(19)14(18)20-15/h5,7-8H,6H2,1-4H3,(H,21,24,25). The number of rotatable bonds is 2. The number of allylic oxidation sites excluding steroid dienone is 3. The minimum Gasteiger partial charge on any atom is -0.372 e. The van der Waals surface area contributed by atoms with Crippen LogP contribution >= 0.6 is 11.6 Å². The summed E-state index contributed by atoms with van der Waals surface area (Å²) in [6.07, 6.45) is 1.98. The number of H-pyrrole nitrogens is 1. The summed E-state index contributed by atoms with van der Waals surface area (Å²) in [5, 5.41) is -0.415. The second kappa shape index (κ2) is 6.15. The molecule has 1 aliphatic rings. The molecule has 1 N–H and O–H groups in total. The zero-order valence-electron chi connectivity index (χ0n) is 14.4. The summed E-state index contributed by atoms with van der Waals surface area (Å²) in [5.41, 5.74) is 1.14. The van der Waals surface area contributed by atoms with Gasteiger partial charge >= 0.3 is 5.69 Å². The van der Waals surface area contributed by atoms with Crippen molar-refractivity contribution in [2.75, 3.05) is 13.6 Å². The van der Waals surface area contributed by atoms with Gasteiger partial charge in [0.1, 0.15) is 0 Å². The van der Waals surface area contributed by atoms with Crippen molar-refractivity contribution in [3.63, 3.8) is 0 Å². The monoisotopic (exact) mass is 364 g/mol. The molecule has 2 aromatic rings. The molecule has 0 aromatic carbocycles. The molecule has 0 aliphatic carbocycles. The van der Waals surface area contributed by atoms with Crippen LogP contribution in [0.25, 0.3) is 16.7 Å². The van der Waals surface area contributed by atoms with Crippen LogP contribution in [0.5, 0.6) is 0 Å². The molecule has 0 saturated carbocycles. The zero-order valence-corrected chi connectivity index (χ0v) is 15.1. The molecule has 0 radical (unpaired) electrons. The fraction of sp³-hybridized carbons (Fsp3) is 0.353. The summed E-state index contributed by atoms with van der Waals surface area (Å²) >= 11 is 5.81. The van der Waals surface area contributed by atoms with E-state index in [-0.39, 0.29) is 22.1 Å². The Morgan fingerprint density at radius 2 is 2.04 bits per heavy atom. The van der Waals surface area contributed by atoms with E-state index in [4.69, 9.17) is 11.6 Å². The molecule has 0 saturated heterocycles. The Balaban J connectivity index is 2.52. The first kappa shape index (κ1) is 17.4. The van der Waals surface area contributed by atoms with E-state index >= 15 is 0 Å². The van der Waals surface area contributed by atoms with E-state index in [9.17, 15) is 14.0 Å². The van der Waals surface area contributed by atoms with Crippen LogP contribution in [0.4, 0.5) is 4.39 Å². The fourth-order valence-corrected chi connectivity index (χ4v) is 3.31. The Morgan fingerprint density at radius 3 is 2.68 bits per heavy atom. The summed E-state index contributed by atoms with van der Waals surface area (Å²) < 4.78 is 15.1. The molecular weight excluding hydrogens is 347 g/mol. The lowest BCUT2D eigenvalue weighted by molar-refractivity contribution is 0.404.